The Morgan fingerprint density at radius 1 is 1.18 bits per heavy atom. The molecule has 6 nitrogen and oxygen atoms in total. The predicted molar refractivity (Wildman–Crippen MR) is 114 cm³/mol. The molecule has 154 valence electrons. The Labute approximate surface area is 172 Å². The topological polar surface area (TPSA) is 85.2 Å². The summed E-state index contributed by atoms with van der Waals surface area (Å²) in [5.41, 5.74) is 1.51. The molecule has 7 heteroatoms. The largest absolute Gasteiger partial charge is 0.350 e. The molecule has 0 fully saturated rings. The van der Waals surface area contributed by atoms with Crippen molar-refractivity contribution >= 4 is 28.2 Å². The number of carbonyl (C=O) groups excluding carboxylic acids is 2. The van der Waals surface area contributed by atoms with E-state index in [2.05, 4.69) is 16.7 Å². The van der Waals surface area contributed by atoms with Crippen molar-refractivity contribution in [1.29, 1.82) is 5.26 Å². The summed E-state index contributed by atoms with van der Waals surface area (Å²) < 4.78 is 0. The molecule has 0 radical (unpaired) electrons. The smallest absolute Gasteiger partial charge is 0.234 e. The summed E-state index contributed by atoms with van der Waals surface area (Å²) >= 11 is 1.55. The minimum absolute atomic E-state index is 0.0384. The molecule has 1 aromatic rings. The molecular weight excluding hydrogens is 372 g/mol. The van der Waals surface area contributed by atoms with Gasteiger partial charge in [0.15, 0.2) is 0 Å². The monoisotopic (exact) mass is 404 g/mol. The third-order valence-electron chi connectivity index (χ3n) is 4.77. The molecule has 0 aromatic carbocycles. The number of nitrogens with zero attached hydrogens (tertiary/aromatic N) is 2. The highest BCUT2D eigenvalue weighted by Gasteiger charge is 2.21. The molecule has 1 aliphatic carbocycles. The quantitative estimate of drug-likeness (QED) is 0.682. The molecule has 0 bridgehead atoms. The van der Waals surface area contributed by atoms with Crippen molar-refractivity contribution in [2.45, 2.75) is 71.8 Å². The van der Waals surface area contributed by atoms with Gasteiger partial charge in [-0.2, -0.15) is 5.26 Å². The van der Waals surface area contributed by atoms with E-state index in [1.54, 1.807) is 11.3 Å². The third kappa shape index (κ3) is 6.61. The lowest BCUT2D eigenvalue weighted by atomic mass is 10.1. The molecule has 0 saturated carbocycles. The van der Waals surface area contributed by atoms with Crippen molar-refractivity contribution in [3.8, 4) is 6.07 Å². The molecule has 1 aliphatic rings. The van der Waals surface area contributed by atoms with E-state index in [0.29, 0.717) is 30.1 Å². The molecule has 2 amide bonds. The first-order valence-electron chi connectivity index (χ1n) is 10.1. The summed E-state index contributed by atoms with van der Waals surface area (Å²) in [6.45, 7) is 9.30. The number of rotatable bonds is 7. The summed E-state index contributed by atoms with van der Waals surface area (Å²) in [5.74, 6) is -0.147. The van der Waals surface area contributed by atoms with Gasteiger partial charge in [0.05, 0.1) is 12.1 Å². The number of carbonyl (C=O) groups is 2. The highest BCUT2D eigenvalue weighted by atomic mass is 32.1. The van der Waals surface area contributed by atoms with Crippen molar-refractivity contribution in [2.75, 3.05) is 25.0 Å². The first kappa shape index (κ1) is 22.4. The third-order valence-corrected chi connectivity index (χ3v) is 5.98. The van der Waals surface area contributed by atoms with Gasteiger partial charge in [0, 0.05) is 23.4 Å². The number of thiophene rings is 1. The average Bonchev–Trinajstić information content (AvgIpc) is 2.76. The van der Waals surface area contributed by atoms with Crippen LogP contribution in [0.2, 0.25) is 0 Å². The van der Waals surface area contributed by atoms with Crippen LogP contribution in [0.15, 0.2) is 0 Å². The lowest BCUT2D eigenvalue weighted by Gasteiger charge is -2.24. The molecule has 1 heterocycles. The Balaban J connectivity index is 1.91. The summed E-state index contributed by atoms with van der Waals surface area (Å²) in [4.78, 5) is 27.8. The molecule has 2 N–H and O–H groups in total. The van der Waals surface area contributed by atoms with Gasteiger partial charge < -0.3 is 10.6 Å². The molecule has 0 atom stereocenters. The molecule has 0 unspecified atom stereocenters. The average molecular weight is 405 g/mol. The Kier molecular flexibility index (Phi) is 8.02. The van der Waals surface area contributed by atoms with Gasteiger partial charge in [-0.1, -0.05) is 13.3 Å². The lowest BCUT2D eigenvalue weighted by molar-refractivity contribution is -0.124. The molecule has 0 spiro atoms. The fourth-order valence-corrected chi connectivity index (χ4v) is 4.66. The van der Waals surface area contributed by atoms with Gasteiger partial charge in [-0.3, -0.25) is 14.5 Å². The summed E-state index contributed by atoms with van der Waals surface area (Å²) in [6.07, 6.45) is 5.67. The second kappa shape index (κ2) is 10.0. The number of hydrogen-bond acceptors (Lipinski definition) is 5. The van der Waals surface area contributed by atoms with E-state index in [1.165, 1.54) is 11.3 Å². The fourth-order valence-electron chi connectivity index (χ4n) is 3.41. The summed E-state index contributed by atoms with van der Waals surface area (Å²) in [6, 6.07) is 2.29. The number of amides is 2. The SMILES string of the molecule is CCN(CCC(=O)Nc1sc2c(c1C#N)CCCCC2)CC(=O)NC(C)(C)C. The van der Waals surface area contributed by atoms with E-state index in [1.807, 2.05) is 32.6 Å². The first-order chi connectivity index (χ1) is 13.2. The maximum absolute atomic E-state index is 12.5. The van der Waals surface area contributed by atoms with Gasteiger partial charge in [-0.05, 0) is 58.6 Å². The Hall–Kier alpha value is -1.91. The Bertz CT molecular complexity index is 743. The van der Waals surface area contributed by atoms with E-state index in [-0.39, 0.29) is 23.9 Å². The number of anilines is 1. The molecule has 0 saturated heterocycles. The lowest BCUT2D eigenvalue weighted by Crippen LogP contribution is -2.46. The molecule has 2 rings (SSSR count). The second-order valence-corrected chi connectivity index (χ2v) is 9.45. The van der Waals surface area contributed by atoms with Crippen molar-refractivity contribution in [3.05, 3.63) is 16.0 Å². The van der Waals surface area contributed by atoms with Crippen LogP contribution in [0, 0.1) is 11.3 Å². The minimum Gasteiger partial charge on any atom is -0.350 e. The van der Waals surface area contributed by atoms with Crippen molar-refractivity contribution in [2.24, 2.45) is 0 Å². The predicted octanol–water partition coefficient (Wildman–Crippen LogP) is 3.45. The van der Waals surface area contributed by atoms with E-state index >= 15 is 0 Å². The number of likely N-dealkylation sites (N-methyl/N-ethyl adjacent to an activating group) is 1. The van der Waals surface area contributed by atoms with E-state index < -0.39 is 0 Å². The first-order valence-corrected chi connectivity index (χ1v) is 10.9. The van der Waals surface area contributed by atoms with E-state index in [4.69, 9.17) is 0 Å². The zero-order chi connectivity index (χ0) is 20.7. The van der Waals surface area contributed by atoms with Crippen molar-refractivity contribution in [1.82, 2.24) is 10.2 Å². The van der Waals surface area contributed by atoms with E-state index in [9.17, 15) is 14.9 Å². The normalized spacial score (nSPS) is 14.1. The second-order valence-electron chi connectivity index (χ2n) is 8.35. The number of nitriles is 1. The van der Waals surface area contributed by atoms with Crippen LogP contribution in [-0.2, 0) is 22.4 Å². The van der Waals surface area contributed by atoms with E-state index in [0.717, 1.165) is 31.2 Å². The van der Waals surface area contributed by atoms with Gasteiger partial charge in [0.2, 0.25) is 11.8 Å². The Morgan fingerprint density at radius 2 is 1.89 bits per heavy atom. The minimum atomic E-state index is -0.265. The van der Waals surface area contributed by atoms with Crippen LogP contribution in [0.25, 0.3) is 0 Å². The van der Waals surface area contributed by atoms with Crippen LogP contribution in [0.5, 0.6) is 0 Å². The van der Waals surface area contributed by atoms with Crippen molar-refractivity contribution in [3.63, 3.8) is 0 Å². The van der Waals surface area contributed by atoms with Crippen LogP contribution in [-0.4, -0.2) is 41.9 Å². The Morgan fingerprint density at radius 3 is 2.54 bits per heavy atom. The van der Waals surface area contributed by atoms with Gasteiger partial charge >= 0.3 is 0 Å². The standard InChI is InChI=1S/C21H32N4O2S/c1-5-25(14-19(27)24-21(2,3)4)12-11-18(26)23-20-16(13-22)15-9-7-6-8-10-17(15)28-20/h5-12,14H2,1-4H3,(H,23,26)(H,24,27). The number of nitrogens with one attached hydrogen (secondary N) is 2. The van der Waals surface area contributed by atoms with Crippen LogP contribution >= 0.6 is 11.3 Å². The molecule has 0 aliphatic heterocycles. The maximum atomic E-state index is 12.5. The van der Waals surface area contributed by atoms with Crippen LogP contribution < -0.4 is 10.6 Å². The number of fused-ring (bicyclic) bond motifs is 1. The number of hydrogen-bond donors (Lipinski definition) is 2. The summed E-state index contributed by atoms with van der Waals surface area (Å²) in [5, 5.41) is 16.1. The van der Waals surface area contributed by atoms with Crippen LogP contribution in [0.4, 0.5) is 5.00 Å². The molecule has 28 heavy (non-hydrogen) atoms. The fraction of sp³-hybridized carbons (Fsp3) is 0.667. The van der Waals surface area contributed by atoms with Gasteiger partial charge in [0.25, 0.3) is 0 Å². The maximum Gasteiger partial charge on any atom is 0.234 e. The zero-order valence-electron chi connectivity index (χ0n) is 17.5. The van der Waals surface area contributed by atoms with Gasteiger partial charge in [-0.25, -0.2) is 0 Å². The van der Waals surface area contributed by atoms with Gasteiger partial charge in [0.1, 0.15) is 11.1 Å². The number of aryl methyl sites for hydroxylation is 1. The molecular formula is C21H32N4O2S. The molecule has 1 aromatic heterocycles. The van der Waals surface area contributed by atoms with Crippen LogP contribution in [0.3, 0.4) is 0 Å². The zero-order valence-corrected chi connectivity index (χ0v) is 18.3. The highest BCUT2D eigenvalue weighted by molar-refractivity contribution is 7.16. The van der Waals surface area contributed by atoms with Gasteiger partial charge in [-0.15, -0.1) is 11.3 Å². The summed E-state index contributed by atoms with van der Waals surface area (Å²) in [7, 11) is 0. The van der Waals surface area contributed by atoms with Crippen LogP contribution in [0.1, 0.15) is 69.4 Å². The highest BCUT2D eigenvalue weighted by Crippen LogP contribution is 2.37. The van der Waals surface area contributed by atoms with Crippen molar-refractivity contribution < 1.29 is 9.59 Å².